The molecule has 0 N–H and O–H groups in total. The smallest absolute Gasteiger partial charge is 0.137 e. The van der Waals surface area contributed by atoms with Gasteiger partial charge < -0.3 is 0 Å². The molecule has 82 valence electrons. The third kappa shape index (κ3) is 3.19. The van der Waals surface area contributed by atoms with Gasteiger partial charge >= 0.3 is 0 Å². The molecule has 0 aliphatic heterocycles. The third-order valence-electron chi connectivity index (χ3n) is 2.82. The molecule has 0 radical (unpaired) electrons. The normalized spacial score (nSPS) is 10.7. The van der Waals surface area contributed by atoms with Gasteiger partial charge in [-0.3, -0.25) is 4.79 Å². The Morgan fingerprint density at radius 2 is 2.00 bits per heavy atom. The summed E-state index contributed by atoms with van der Waals surface area (Å²) in [6.45, 7) is 8.35. The van der Waals surface area contributed by atoms with Crippen LogP contribution in [0.25, 0.3) is 0 Å². The van der Waals surface area contributed by atoms with E-state index in [0.29, 0.717) is 24.5 Å². The standard InChI is InChI=1S/C14H20O/c1-5-14(15)9-13-8-12(10(2)3)7-6-11(13)4/h6-8,10H,5,9H2,1-4H3. The summed E-state index contributed by atoms with van der Waals surface area (Å²) in [6.07, 6.45) is 1.22. The van der Waals surface area contributed by atoms with Crippen molar-refractivity contribution in [2.75, 3.05) is 0 Å². The summed E-state index contributed by atoms with van der Waals surface area (Å²) in [6, 6.07) is 6.45. The summed E-state index contributed by atoms with van der Waals surface area (Å²) in [4.78, 5) is 11.4. The van der Waals surface area contributed by atoms with Crippen LogP contribution in [0.1, 0.15) is 49.8 Å². The Morgan fingerprint density at radius 3 is 2.53 bits per heavy atom. The molecule has 0 saturated heterocycles. The highest BCUT2D eigenvalue weighted by Crippen LogP contribution is 2.19. The first-order valence-corrected chi connectivity index (χ1v) is 5.65. The maximum Gasteiger partial charge on any atom is 0.137 e. The predicted octanol–water partition coefficient (Wildman–Crippen LogP) is 3.64. The lowest BCUT2D eigenvalue weighted by atomic mass is 9.95. The molecule has 0 bridgehead atoms. The van der Waals surface area contributed by atoms with Crippen LogP contribution in [0.15, 0.2) is 18.2 Å². The number of benzene rings is 1. The number of Topliss-reactive ketones (excluding diaryl/α,β-unsaturated/α-hetero) is 1. The van der Waals surface area contributed by atoms with Crippen molar-refractivity contribution >= 4 is 5.78 Å². The van der Waals surface area contributed by atoms with Crippen molar-refractivity contribution in [2.24, 2.45) is 0 Å². The number of carbonyl (C=O) groups is 1. The fraction of sp³-hybridized carbons (Fsp3) is 0.500. The summed E-state index contributed by atoms with van der Waals surface area (Å²) in [5.74, 6) is 0.847. The van der Waals surface area contributed by atoms with Crippen LogP contribution >= 0.6 is 0 Å². The third-order valence-corrected chi connectivity index (χ3v) is 2.82. The van der Waals surface area contributed by atoms with E-state index in [-0.39, 0.29) is 0 Å². The number of aryl methyl sites for hydroxylation is 1. The zero-order valence-electron chi connectivity index (χ0n) is 10.1. The predicted molar refractivity (Wildman–Crippen MR) is 64.3 cm³/mol. The second kappa shape index (κ2) is 5.11. The number of carbonyl (C=O) groups excluding carboxylic acids is 1. The molecule has 0 spiro atoms. The van der Waals surface area contributed by atoms with Crippen molar-refractivity contribution in [3.8, 4) is 0 Å². The van der Waals surface area contributed by atoms with E-state index in [9.17, 15) is 4.79 Å². The fourth-order valence-corrected chi connectivity index (χ4v) is 1.58. The van der Waals surface area contributed by atoms with Crippen LogP contribution in [0.2, 0.25) is 0 Å². The molecule has 0 aliphatic carbocycles. The maximum absolute atomic E-state index is 11.4. The van der Waals surface area contributed by atoms with Gasteiger partial charge in [0.25, 0.3) is 0 Å². The second-order valence-corrected chi connectivity index (χ2v) is 4.41. The van der Waals surface area contributed by atoms with E-state index in [4.69, 9.17) is 0 Å². The summed E-state index contributed by atoms with van der Waals surface area (Å²) in [5, 5.41) is 0. The van der Waals surface area contributed by atoms with E-state index in [1.165, 1.54) is 16.7 Å². The zero-order valence-corrected chi connectivity index (χ0v) is 10.1. The van der Waals surface area contributed by atoms with Gasteiger partial charge in [-0.15, -0.1) is 0 Å². The number of rotatable bonds is 4. The molecule has 0 atom stereocenters. The summed E-state index contributed by atoms with van der Waals surface area (Å²) in [5.41, 5.74) is 3.73. The van der Waals surface area contributed by atoms with Crippen LogP contribution in [0.4, 0.5) is 0 Å². The Morgan fingerprint density at radius 1 is 1.33 bits per heavy atom. The van der Waals surface area contributed by atoms with Gasteiger partial charge in [-0.1, -0.05) is 39.0 Å². The van der Waals surface area contributed by atoms with Gasteiger partial charge in [0.05, 0.1) is 0 Å². The molecule has 1 nitrogen and oxygen atoms in total. The first-order chi connectivity index (χ1) is 7.04. The minimum absolute atomic E-state index is 0.319. The Labute approximate surface area is 92.5 Å². The van der Waals surface area contributed by atoms with Crippen molar-refractivity contribution in [3.05, 3.63) is 34.9 Å². The van der Waals surface area contributed by atoms with Crippen LogP contribution in [0, 0.1) is 6.92 Å². The zero-order chi connectivity index (χ0) is 11.4. The van der Waals surface area contributed by atoms with Crippen LogP contribution in [0.3, 0.4) is 0 Å². The average molecular weight is 204 g/mol. The SMILES string of the molecule is CCC(=O)Cc1cc(C(C)C)ccc1C. The molecular weight excluding hydrogens is 184 g/mol. The lowest BCUT2D eigenvalue weighted by Gasteiger charge is -2.10. The summed E-state index contributed by atoms with van der Waals surface area (Å²) < 4.78 is 0. The van der Waals surface area contributed by atoms with Crippen LogP contribution < -0.4 is 0 Å². The van der Waals surface area contributed by atoms with E-state index in [1.807, 2.05) is 6.92 Å². The van der Waals surface area contributed by atoms with Crippen molar-refractivity contribution in [2.45, 2.75) is 46.5 Å². The van der Waals surface area contributed by atoms with E-state index in [2.05, 4.69) is 39.0 Å². The molecule has 0 saturated carbocycles. The number of hydrogen-bond acceptors (Lipinski definition) is 1. The van der Waals surface area contributed by atoms with Gasteiger partial charge in [0, 0.05) is 12.8 Å². The Hall–Kier alpha value is -1.11. The van der Waals surface area contributed by atoms with Crippen LogP contribution in [0.5, 0.6) is 0 Å². The molecule has 0 unspecified atom stereocenters. The highest BCUT2D eigenvalue weighted by molar-refractivity contribution is 5.80. The minimum atomic E-state index is 0.319. The largest absolute Gasteiger partial charge is 0.299 e. The van der Waals surface area contributed by atoms with Gasteiger partial charge in [0.1, 0.15) is 5.78 Å². The monoisotopic (exact) mass is 204 g/mol. The average Bonchev–Trinajstić information content (AvgIpc) is 2.20. The summed E-state index contributed by atoms with van der Waals surface area (Å²) >= 11 is 0. The lowest BCUT2D eigenvalue weighted by Crippen LogP contribution is -2.03. The van der Waals surface area contributed by atoms with Gasteiger partial charge in [-0.2, -0.15) is 0 Å². The quantitative estimate of drug-likeness (QED) is 0.731. The Kier molecular flexibility index (Phi) is 4.07. The van der Waals surface area contributed by atoms with E-state index in [1.54, 1.807) is 0 Å². The van der Waals surface area contributed by atoms with Gasteiger partial charge in [-0.25, -0.2) is 0 Å². The van der Waals surface area contributed by atoms with Crippen molar-refractivity contribution in [1.29, 1.82) is 0 Å². The molecule has 1 aromatic rings. The molecule has 0 fully saturated rings. The lowest BCUT2D eigenvalue weighted by molar-refractivity contribution is -0.118. The van der Waals surface area contributed by atoms with Gasteiger partial charge in [-0.05, 0) is 29.5 Å². The van der Waals surface area contributed by atoms with Gasteiger partial charge in [0.15, 0.2) is 0 Å². The number of ketones is 1. The molecular formula is C14H20O. The van der Waals surface area contributed by atoms with E-state index >= 15 is 0 Å². The highest BCUT2D eigenvalue weighted by atomic mass is 16.1. The van der Waals surface area contributed by atoms with Crippen LogP contribution in [-0.2, 0) is 11.2 Å². The molecule has 0 aromatic heterocycles. The van der Waals surface area contributed by atoms with Crippen LogP contribution in [-0.4, -0.2) is 5.78 Å². The molecule has 1 rings (SSSR count). The molecule has 1 heteroatoms. The Bertz CT molecular complexity index is 350. The minimum Gasteiger partial charge on any atom is -0.299 e. The summed E-state index contributed by atoms with van der Waals surface area (Å²) in [7, 11) is 0. The highest BCUT2D eigenvalue weighted by Gasteiger charge is 2.06. The fourth-order valence-electron chi connectivity index (χ4n) is 1.58. The van der Waals surface area contributed by atoms with Gasteiger partial charge in [0.2, 0.25) is 0 Å². The topological polar surface area (TPSA) is 17.1 Å². The first-order valence-electron chi connectivity index (χ1n) is 5.65. The molecule has 0 heterocycles. The molecule has 15 heavy (non-hydrogen) atoms. The maximum atomic E-state index is 11.4. The molecule has 0 aliphatic rings. The van der Waals surface area contributed by atoms with E-state index < -0.39 is 0 Å². The Balaban J connectivity index is 2.95. The van der Waals surface area contributed by atoms with E-state index in [0.717, 1.165) is 0 Å². The first kappa shape index (κ1) is 12.0. The van der Waals surface area contributed by atoms with Crippen molar-refractivity contribution in [3.63, 3.8) is 0 Å². The van der Waals surface area contributed by atoms with Crippen molar-refractivity contribution in [1.82, 2.24) is 0 Å². The van der Waals surface area contributed by atoms with Crippen molar-refractivity contribution < 1.29 is 4.79 Å². The number of hydrogen-bond donors (Lipinski definition) is 0. The molecule has 0 amide bonds. The second-order valence-electron chi connectivity index (χ2n) is 4.41. The molecule has 1 aromatic carbocycles.